The second-order valence-corrected chi connectivity index (χ2v) is 5.28. The fourth-order valence-corrected chi connectivity index (χ4v) is 2.57. The largest absolute Gasteiger partial charge is 0.504 e. The fourth-order valence-electron chi connectivity index (χ4n) is 2.57. The van der Waals surface area contributed by atoms with E-state index in [4.69, 9.17) is 0 Å². The molecule has 2 aromatic carbocycles. The number of Topliss-reactive ketones (excluding diaryl/α,β-unsaturated/α-hetero) is 2. The third-order valence-corrected chi connectivity index (χ3v) is 3.79. The van der Waals surface area contributed by atoms with Gasteiger partial charge in [-0.1, -0.05) is 30.3 Å². The Balaban J connectivity index is 2.09. The summed E-state index contributed by atoms with van der Waals surface area (Å²) in [4.78, 5) is 35.0. The van der Waals surface area contributed by atoms with E-state index in [-0.39, 0.29) is 16.8 Å². The molecule has 1 aliphatic carbocycles. The van der Waals surface area contributed by atoms with Gasteiger partial charge in [0.25, 0.3) is 5.69 Å². The van der Waals surface area contributed by atoms with Crippen molar-refractivity contribution in [2.75, 3.05) is 0 Å². The zero-order chi connectivity index (χ0) is 18.1. The number of aliphatic hydroxyl groups excluding tert-OH is 2. The molecule has 0 heterocycles. The van der Waals surface area contributed by atoms with Crippen LogP contribution in [0.2, 0.25) is 0 Å². The van der Waals surface area contributed by atoms with E-state index in [2.05, 4.69) is 0 Å². The number of hydrogen-bond acceptors (Lipinski definition) is 6. The molecular weight excluding hydrogens is 326 g/mol. The van der Waals surface area contributed by atoms with Crippen LogP contribution in [0, 0.1) is 10.1 Å². The van der Waals surface area contributed by atoms with Gasteiger partial charge in [-0.3, -0.25) is 19.7 Å². The standard InChI is InChI=1S/C18H11NO6/c20-15-13(10-4-2-1-3-5-10)16(21)18(23)14(17(15)22)11-6-8-12(9-7-11)19(24)25/h1-9,20,23H. The van der Waals surface area contributed by atoms with Gasteiger partial charge in [0, 0.05) is 12.1 Å². The molecule has 2 N–H and O–H groups in total. The normalized spacial score (nSPS) is 14.9. The van der Waals surface area contributed by atoms with Crippen molar-refractivity contribution in [3.63, 3.8) is 0 Å². The third-order valence-electron chi connectivity index (χ3n) is 3.79. The molecule has 1 aliphatic rings. The predicted octanol–water partition coefficient (Wildman–Crippen LogP) is 2.99. The summed E-state index contributed by atoms with van der Waals surface area (Å²) in [6.45, 7) is 0. The van der Waals surface area contributed by atoms with Gasteiger partial charge in [-0.15, -0.1) is 0 Å². The van der Waals surface area contributed by atoms with Gasteiger partial charge in [0.05, 0.1) is 16.1 Å². The first kappa shape index (κ1) is 16.1. The van der Waals surface area contributed by atoms with Crippen molar-refractivity contribution in [2.45, 2.75) is 0 Å². The van der Waals surface area contributed by atoms with E-state index in [0.717, 1.165) is 12.1 Å². The minimum atomic E-state index is -0.926. The topological polar surface area (TPSA) is 118 Å². The van der Waals surface area contributed by atoms with E-state index < -0.39 is 33.6 Å². The molecule has 0 aromatic heterocycles. The Morgan fingerprint density at radius 2 is 1.16 bits per heavy atom. The maximum Gasteiger partial charge on any atom is 0.269 e. The van der Waals surface area contributed by atoms with Gasteiger partial charge in [-0.25, -0.2) is 0 Å². The van der Waals surface area contributed by atoms with E-state index in [1.165, 1.54) is 24.3 Å². The van der Waals surface area contributed by atoms with Crippen molar-refractivity contribution in [1.29, 1.82) is 0 Å². The number of allylic oxidation sites excluding steroid dienone is 2. The monoisotopic (exact) mass is 337 g/mol. The highest BCUT2D eigenvalue weighted by Crippen LogP contribution is 2.34. The number of nitro benzene ring substituents is 1. The van der Waals surface area contributed by atoms with Crippen LogP contribution >= 0.6 is 0 Å². The van der Waals surface area contributed by atoms with Gasteiger partial charge in [-0.05, 0) is 23.3 Å². The molecule has 0 spiro atoms. The smallest absolute Gasteiger partial charge is 0.269 e. The van der Waals surface area contributed by atoms with Gasteiger partial charge in [0.2, 0.25) is 11.6 Å². The minimum Gasteiger partial charge on any atom is -0.504 e. The van der Waals surface area contributed by atoms with Crippen LogP contribution in [0.15, 0.2) is 66.1 Å². The Morgan fingerprint density at radius 3 is 1.60 bits per heavy atom. The second kappa shape index (κ2) is 6.04. The summed E-state index contributed by atoms with van der Waals surface area (Å²) in [6, 6.07) is 12.8. The van der Waals surface area contributed by atoms with Crippen molar-refractivity contribution < 1.29 is 24.7 Å². The van der Waals surface area contributed by atoms with E-state index in [0.29, 0.717) is 5.56 Å². The molecule has 0 saturated heterocycles. The van der Waals surface area contributed by atoms with Crippen LogP contribution in [-0.4, -0.2) is 26.7 Å². The minimum absolute atomic E-state index is 0.0973. The Kier molecular flexibility index (Phi) is 3.90. The Bertz CT molecular complexity index is 955. The average Bonchev–Trinajstić information content (AvgIpc) is 2.62. The molecule has 25 heavy (non-hydrogen) atoms. The zero-order valence-electron chi connectivity index (χ0n) is 12.7. The lowest BCUT2D eigenvalue weighted by Crippen LogP contribution is -2.22. The molecule has 7 nitrogen and oxygen atoms in total. The average molecular weight is 337 g/mol. The molecule has 0 atom stereocenters. The van der Waals surface area contributed by atoms with Crippen molar-refractivity contribution in [2.24, 2.45) is 0 Å². The molecule has 7 heteroatoms. The van der Waals surface area contributed by atoms with Crippen LogP contribution in [0.1, 0.15) is 11.1 Å². The Labute approximate surface area is 141 Å². The summed E-state index contributed by atoms with van der Waals surface area (Å²) in [7, 11) is 0. The third kappa shape index (κ3) is 2.67. The molecule has 2 aromatic rings. The molecule has 0 radical (unpaired) electrons. The molecule has 124 valence electrons. The number of aliphatic hydroxyl groups is 2. The fraction of sp³-hybridized carbons (Fsp3) is 0. The quantitative estimate of drug-likeness (QED) is 0.505. The highest BCUT2D eigenvalue weighted by molar-refractivity contribution is 6.46. The number of carbonyl (C=O) groups is 2. The summed E-state index contributed by atoms with van der Waals surface area (Å²) in [5, 5.41) is 31.1. The van der Waals surface area contributed by atoms with E-state index in [1.807, 2.05) is 0 Å². The SMILES string of the molecule is O=C1C(O)=C(c2ccc([N+](=O)[O-])cc2)C(=O)C(O)=C1c1ccccc1. The van der Waals surface area contributed by atoms with Crippen LogP contribution in [0.25, 0.3) is 11.1 Å². The molecular formula is C18H11NO6. The Morgan fingerprint density at radius 1 is 0.720 bits per heavy atom. The summed E-state index contributed by atoms with van der Waals surface area (Å²) >= 11 is 0. The van der Waals surface area contributed by atoms with E-state index >= 15 is 0 Å². The van der Waals surface area contributed by atoms with Crippen LogP contribution in [0.3, 0.4) is 0 Å². The van der Waals surface area contributed by atoms with Gasteiger partial charge in [0.15, 0.2) is 11.5 Å². The van der Waals surface area contributed by atoms with Gasteiger partial charge in [-0.2, -0.15) is 0 Å². The molecule has 0 amide bonds. The number of rotatable bonds is 3. The summed E-state index contributed by atoms with van der Waals surface area (Å²) in [5.74, 6) is -3.40. The first-order valence-corrected chi connectivity index (χ1v) is 7.18. The summed E-state index contributed by atoms with van der Waals surface area (Å²) in [6.07, 6.45) is 0. The van der Waals surface area contributed by atoms with Gasteiger partial charge in [0.1, 0.15) is 0 Å². The lowest BCUT2D eigenvalue weighted by molar-refractivity contribution is -0.384. The maximum atomic E-state index is 12.5. The molecule has 0 saturated carbocycles. The van der Waals surface area contributed by atoms with E-state index in [9.17, 15) is 29.9 Å². The number of carbonyl (C=O) groups excluding carboxylic acids is 2. The molecule has 0 unspecified atom stereocenters. The van der Waals surface area contributed by atoms with Crippen LogP contribution in [0.5, 0.6) is 0 Å². The van der Waals surface area contributed by atoms with E-state index in [1.54, 1.807) is 18.2 Å². The van der Waals surface area contributed by atoms with Gasteiger partial charge >= 0.3 is 0 Å². The second-order valence-electron chi connectivity index (χ2n) is 5.28. The number of non-ortho nitro benzene ring substituents is 1. The highest BCUT2D eigenvalue weighted by atomic mass is 16.6. The summed E-state index contributed by atoms with van der Waals surface area (Å²) < 4.78 is 0. The first-order valence-electron chi connectivity index (χ1n) is 7.18. The van der Waals surface area contributed by atoms with Crippen molar-refractivity contribution in [3.05, 3.63) is 87.4 Å². The number of nitrogens with zero attached hydrogens (tertiary/aromatic N) is 1. The van der Waals surface area contributed by atoms with Crippen molar-refractivity contribution in [3.8, 4) is 0 Å². The van der Waals surface area contributed by atoms with Crippen LogP contribution in [0.4, 0.5) is 5.69 Å². The van der Waals surface area contributed by atoms with Crippen molar-refractivity contribution in [1.82, 2.24) is 0 Å². The molecule has 0 fully saturated rings. The van der Waals surface area contributed by atoms with Crippen LogP contribution in [-0.2, 0) is 9.59 Å². The maximum absolute atomic E-state index is 12.5. The predicted molar refractivity (Wildman–Crippen MR) is 88.7 cm³/mol. The molecule has 0 bridgehead atoms. The highest BCUT2D eigenvalue weighted by Gasteiger charge is 2.36. The van der Waals surface area contributed by atoms with Crippen LogP contribution < -0.4 is 0 Å². The first-order chi connectivity index (χ1) is 11.9. The van der Waals surface area contributed by atoms with Crippen molar-refractivity contribution >= 4 is 28.4 Å². The number of ketones is 2. The lowest BCUT2D eigenvalue weighted by atomic mass is 9.86. The number of hydrogen-bond donors (Lipinski definition) is 2. The molecule has 3 rings (SSSR count). The lowest BCUT2D eigenvalue weighted by Gasteiger charge is -2.18. The van der Waals surface area contributed by atoms with Gasteiger partial charge < -0.3 is 10.2 Å². The Hall–Kier alpha value is -3.74. The zero-order valence-corrected chi connectivity index (χ0v) is 12.7. The summed E-state index contributed by atoms with van der Waals surface area (Å²) in [5.41, 5.74) is -0.484. The number of benzene rings is 2. The number of nitro groups is 1. The molecule has 0 aliphatic heterocycles.